The summed E-state index contributed by atoms with van der Waals surface area (Å²) in [5.74, 6) is -0.580. The molecular formula is C14H20FN3O2. The van der Waals surface area contributed by atoms with Crippen molar-refractivity contribution in [1.29, 1.82) is 0 Å². The SMILES string of the molecule is CC(N)CC(=O)Nc1cc(F)cc(N2CCOCC2)c1. The Labute approximate surface area is 117 Å². The molecule has 3 N–H and O–H groups in total. The molecule has 6 heteroatoms. The van der Waals surface area contributed by atoms with Crippen LogP contribution in [0.4, 0.5) is 15.8 Å². The van der Waals surface area contributed by atoms with Gasteiger partial charge in [-0.3, -0.25) is 4.79 Å². The number of morpholine rings is 1. The number of benzene rings is 1. The molecule has 1 heterocycles. The zero-order valence-corrected chi connectivity index (χ0v) is 11.6. The zero-order valence-electron chi connectivity index (χ0n) is 11.6. The monoisotopic (exact) mass is 281 g/mol. The van der Waals surface area contributed by atoms with E-state index in [0.717, 1.165) is 18.8 Å². The minimum Gasteiger partial charge on any atom is -0.378 e. The second-order valence-electron chi connectivity index (χ2n) is 5.03. The van der Waals surface area contributed by atoms with Crippen molar-refractivity contribution in [2.24, 2.45) is 5.73 Å². The first kappa shape index (κ1) is 14.7. The Hall–Kier alpha value is -1.66. The van der Waals surface area contributed by atoms with Crippen LogP contribution < -0.4 is 16.0 Å². The molecule has 1 aliphatic rings. The Balaban J connectivity index is 2.09. The van der Waals surface area contributed by atoms with Crippen molar-refractivity contribution < 1.29 is 13.9 Å². The molecule has 1 aromatic carbocycles. The molecule has 0 aliphatic carbocycles. The smallest absolute Gasteiger partial charge is 0.225 e. The molecule has 2 rings (SSSR count). The van der Waals surface area contributed by atoms with Crippen molar-refractivity contribution >= 4 is 17.3 Å². The summed E-state index contributed by atoms with van der Waals surface area (Å²) in [4.78, 5) is 13.7. The molecule has 1 saturated heterocycles. The Morgan fingerprint density at radius 3 is 2.80 bits per heavy atom. The predicted octanol–water partition coefficient (Wildman–Crippen LogP) is 1.34. The van der Waals surface area contributed by atoms with Gasteiger partial charge in [-0.15, -0.1) is 0 Å². The number of carbonyl (C=O) groups is 1. The second-order valence-corrected chi connectivity index (χ2v) is 5.03. The number of hydrogen-bond acceptors (Lipinski definition) is 4. The summed E-state index contributed by atoms with van der Waals surface area (Å²) in [7, 11) is 0. The average Bonchev–Trinajstić information content (AvgIpc) is 2.38. The molecule has 1 aliphatic heterocycles. The van der Waals surface area contributed by atoms with E-state index >= 15 is 0 Å². The van der Waals surface area contributed by atoms with Crippen LogP contribution in [-0.4, -0.2) is 38.3 Å². The second kappa shape index (κ2) is 6.67. The van der Waals surface area contributed by atoms with Crippen molar-refractivity contribution in [1.82, 2.24) is 0 Å². The number of nitrogens with two attached hydrogens (primary N) is 1. The highest BCUT2D eigenvalue weighted by molar-refractivity contribution is 5.91. The summed E-state index contributed by atoms with van der Waals surface area (Å²) in [5.41, 5.74) is 6.78. The molecule has 1 aromatic rings. The van der Waals surface area contributed by atoms with Crippen LogP contribution in [0.2, 0.25) is 0 Å². The Kier molecular flexibility index (Phi) is 4.92. The van der Waals surface area contributed by atoms with Gasteiger partial charge in [-0.25, -0.2) is 4.39 Å². The lowest BCUT2D eigenvalue weighted by molar-refractivity contribution is -0.116. The molecule has 0 bridgehead atoms. The minimum absolute atomic E-state index is 0.210. The van der Waals surface area contributed by atoms with Gasteiger partial charge in [-0.1, -0.05) is 0 Å². The van der Waals surface area contributed by atoms with E-state index < -0.39 is 0 Å². The first-order valence-electron chi connectivity index (χ1n) is 6.73. The number of carbonyl (C=O) groups excluding carboxylic acids is 1. The van der Waals surface area contributed by atoms with Crippen molar-refractivity contribution in [3.63, 3.8) is 0 Å². The molecule has 1 atom stereocenters. The Morgan fingerprint density at radius 2 is 2.15 bits per heavy atom. The van der Waals surface area contributed by atoms with Crippen LogP contribution >= 0.6 is 0 Å². The van der Waals surface area contributed by atoms with Gasteiger partial charge in [0.25, 0.3) is 0 Å². The highest BCUT2D eigenvalue weighted by atomic mass is 19.1. The average molecular weight is 281 g/mol. The highest BCUT2D eigenvalue weighted by Gasteiger charge is 2.14. The number of halogens is 1. The number of rotatable bonds is 4. The Bertz CT molecular complexity index is 473. The van der Waals surface area contributed by atoms with Crippen molar-refractivity contribution in [2.45, 2.75) is 19.4 Å². The van der Waals surface area contributed by atoms with Crippen LogP contribution in [0.5, 0.6) is 0 Å². The van der Waals surface area contributed by atoms with Gasteiger partial charge in [0.15, 0.2) is 0 Å². The first-order chi connectivity index (χ1) is 9.54. The molecule has 0 radical (unpaired) electrons. The molecule has 20 heavy (non-hydrogen) atoms. The van der Waals surface area contributed by atoms with Gasteiger partial charge in [0.2, 0.25) is 5.91 Å². The lowest BCUT2D eigenvalue weighted by atomic mass is 10.2. The zero-order chi connectivity index (χ0) is 14.5. The fraction of sp³-hybridized carbons (Fsp3) is 0.500. The van der Waals surface area contributed by atoms with E-state index in [2.05, 4.69) is 5.32 Å². The fourth-order valence-corrected chi connectivity index (χ4v) is 2.15. The van der Waals surface area contributed by atoms with Crippen LogP contribution in [0.15, 0.2) is 18.2 Å². The number of anilines is 2. The van der Waals surface area contributed by atoms with E-state index in [0.29, 0.717) is 18.9 Å². The van der Waals surface area contributed by atoms with Gasteiger partial charge in [0, 0.05) is 36.9 Å². The highest BCUT2D eigenvalue weighted by Crippen LogP contribution is 2.23. The third kappa shape index (κ3) is 4.18. The maximum atomic E-state index is 13.7. The minimum atomic E-state index is -0.370. The van der Waals surface area contributed by atoms with Crippen LogP contribution in [-0.2, 0) is 9.53 Å². The summed E-state index contributed by atoms with van der Waals surface area (Å²) < 4.78 is 18.9. The maximum absolute atomic E-state index is 13.7. The third-order valence-electron chi connectivity index (χ3n) is 3.05. The molecule has 0 aromatic heterocycles. The van der Waals surface area contributed by atoms with E-state index in [1.807, 2.05) is 4.90 Å². The van der Waals surface area contributed by atoms with Gasteiger partial charge in [-0.05, 0) is 25.1 Å². The molecule has 110 valence electrons. The maximum Gasteiger partial charge on any atom is 0.225 e. The lowest BCUT2D eigenvalue weighted by Crippen LogP contribution is -2.36. The lowest BCUT2D eigenvalue weighted by Gasteiger charge is -2.29. The van der Waals surface area contributed by atoms with E-state index in [4.69, 9.17) is 10.5 Å². The van der Waals surface area contributed by atoms with E-state index in [-0.39, 0.29) is 24.2 Å². The van der Waals surface area contributed by atoms with Crippen molar-refractivity contribution in [3.05, 3.63) is 24.0 Å². The largest absolute Gasteiger partial charge is 0.378 e. The van der Waals surface area contributed by atoms with Crippen LogP contribution in [0.1, 0.15) is 13.3 Å². The van der Waals surface area contributed by atoms with E-state index in [9.17, 15) is 9.18 Å². The van der Waals surface area contributed by atoms with Gasteiger partial charge < -0.3 is 20.7 Å². The molecule has 0 spiro atoms. The number of ether oxygens (including phenoxy) is 1. The standard InChI is InChI=1S/C14H20FN3O2/c1-10(16)6-14(19)17-12-7-11(15)8-13(9-12)18-2-4-20-5-3-18/h7-10H,2-6,16H2,1H3,(H,17,19). The first-order valence-corrected chi connectivity index (χ1v) is 6.73. The van der Waals surface area contributed by atoms with Crippen LogP contribution in [0.3, 0.4) is 0 Å². The summed E-state index contributed by atoms with van der Waals surface area (Å²) in [6.07, 6.45) is 0.212. The van der Waals surface area contributed by atoms with Crippen LogP contribution in [0.25, 0.3) is 0 Å². The van der Waals surface area contributed by atoms with Gasteiger partial charge in [-0.2, -0.15) is 0 Å². The van der Waals surface area contributed by atoms with Gasteiger partial charge >= 0.3 is 0 Å². The summed E-state index contributed by atoms with van der Waals surface area (Å²) in [6.45, 7) is 4.45. The molecule has 1 unspecified atom stereocenters. The van der Waals surface area contributed by atoms with Crippen molar-refractivity contribution in [3.8, 4) is 0 Å². The van der Waals surface area contributed by atoms with E-state index in [1.54, 1.807) is 13.0 Å². The molecule has 1 fully saturated rings. The van der Waals surface area contributed by atoms with Crippen LogP contribution in [0, 0.1) is 5.82 Å². The quantitative estimate of drug-likeness (QED) is 0.874. The predicted molar refractivity (Wildman–Crippen MR) is 76.3 cm³/mol. The van der Waals surface area contributed by atoms with Crippen molar-refractivity contribution in [2.75, 3.05) is 36.5 Å². The number of nitrogens with zero attached hydrogens (tertiary/aromatic N) is 1. The topological polar surface area (TPSA) is 67.6 Å². The van der Waals surface area contributed by atoms with E-state index in [1.165, 1.54) is 12.1 Å². The molecular weight excluding hydrogens is 261 g/mol. The fourth-order valence-electron chi connectivity index (χ4n) is 2.15. The van der Waals surface area contributed by atoms with Gasteiger partial charge in [0.05, 0.1) is 13.2 Å². The third-order valence-corrected chi connectivity index (χ3v) is 3.05. The number of nitrogens with one attached hydrogen (secondary N) is 1. The molecule has 0 saturated carbocycles. The summed E-state index contributed by atoms with van der Waals surface area (Å²) in [5, 5.41) is 2.68. The summed E-state index contributed by atoms with van der Waals surface area (Å²) >= 11 is 0. The van der Waals surface area contributed by atoms with Gasteiger partial charge in [0.1, 0.15) is 5.82 Å². The summed E-state index contributed by atoms with van der Waals surface area (Å²) in [6, 6.07) is 4.32. The Morgan fingerprint density at radius 1 is 1.45 bits per heavy atom. The molecule has 5 nitrogen and oxygen atoms in total. The normalized spacial score (nSPS) is 16.9. The number of hydrogen-bond donors (Lipinski definition) is 2. The number of amides is 1. The molecule has 1 amide bonds.